The molecule has 0 spiro atoms. The van der Waals surface area contributed by atoms with Crippen molar-refractivity contribution >= 4 is 60.4 Å². The molecule has 0 amide bonds. The number of nitrogens with zero attached hydrogens (tertiary/aromatic N) is 5. The van der Waals surface area contributed by atoms with E-state index in [1.165, 1.54) is 0 Å². The van der Waals surface area contributed by atoms with E-state index in [9.17, 15) is 4.79 Å². The molecule has 4 rings (SSSR count). The minimum atomic E-state index is -0.387. The summed E-state index contributed by atoms with van der Waals surface area (Å²) in [6.45, 7) is 4.85. The average Bonchev–Trinajstić information content (AvgIpc) is 2.90. The van der Waals surface area contributed by atoms with Gasteiger partial charge in [0.2, 0.25) is 5.95 Å². The molecule has 3 heterocycles. The number of hydrogen-bond donors (Lipinski definition) is 2. The van der Waals surface area contributed by atoms with Gasteiger partial charge >= 0.3 is 0 Å². The van der Waals surface area contributed by atoms with Gasteiger partial charge in [-0.3, -0.25) is 9.78 Å². The maximum atomic E-state index is 11.9. The first kappa shape index (κ1) is 23.9. The highest BCUT2D eigenvalue weighted by atomic mass is 127. The van der Waals surface area contributed by atoms with E-state index in [1.807, 2.05) is 49.5 Å². The molecule has 0 aliphatic carbocycles. The molecule has 9 nitrogen and oxygen atoms in total. The minimum absolute atomic E-state index is 0.115. The molecule has 1 aliphatic rings. The van der Waals surface area contributed by atoms with Gasteiger partial charge in [-0.05, 0) is 24.3 Å². The zero-order valence-electron chi connectivity index (χ0n) is 18.9. The Balaban J connectivity index is 1.38. The van der Waals surface area contributed by atoms with Gasteiger partial charge in [-0.15, -0.1) is 0 Å². The first-order chi connectivity index (χ1) is 16.7. The lowest BCUT2D eigenvalue weighted by molar-refractivity contribution is 0.0988. The van der Waals surface area contributed by atoms with Crippen molar-refractivity contribution < 1.29 is 9.53 Å². The summed E-state index contributed by atoms with van der Waals surface area (Å²) in [4.78, 5) is 27.6. The van der Waals surface area contributed by atoms with Gasteiger partial charge in [-0.25, -0.2) is 10.4 Å². The van der Waals surface area contributed by atoms with Crippen LogP contribution in [0.3, 0.4) is 0 Å². The van der Waals surface area contributed by atoms with E-state index in [-0.39, 0.29) is 26.5 Å². The molecule has 3 aromatic rings. The van der Waals surface area contributed by atoms with Crippen LogP contribution in [0.4, 0.5) is 23.1 Å². The topological polar surface area (TPSA) is 105 Å². The number of hydrazone groups is 1. The molecule has 34 heavy (non-hydrogen) atoms. The Morgan fingerprint density at radius 1 is 1.21 bits per heavy atom. The standard InChI is InChI=1S/C24H26IN7O2/c1-3-22(33)17-5-4-6-18(13-17)29-20-8-7-19(26-14-20)15-28-31-24-27-16-21(25-2)23(30-24)32-9-11-34-12-10-32/h4-8,13-16,29H,2-3,9-12H2,1H3,(H,27,30,31)/b28-15+. The van der Waals surface area contributed by atoms with Crippen LogP contribution in [0.2, 0.25) is 0 Å². The zero-order valence-corrected chi connectivity index (χ0v) is 21.0. The van der Waals surface area contributed by atoms with Crippen molar-refractivity contribution in [2.24, 2.45) is 5.10 Å². The summed E-state index contributed by atoms with van der Waals surface area (Å²) >= 11 is -0.387. The summed E-state index contributed by atoms with van der Waals surface area (Å²) in [5, 5.41) is 7.51. The molecule has 10 heteroatoms. The van der Waals surface area contributed by atoms with Crippen molar-refractivity contribution in [2.75, 3.05) is 41.9 Å². The van der Waals surface area contributed by atoms with Gasteiger partial charge < -0.3 is 15.0 Å². The maximum Gasteiger partial charge on any atom is 0.245 e. The fraction of sp³-hybridized carbons (Fsp3) is 0.250. The third kappa shape index (κ3) is 6.20. The lowest BCUT2D eigenvalue weighted by atomic mass is 10.1. The van der Waals surface area contributed by atoms with Crippen LogP contribution in [0.15, 0.2) is 53.9 Å². The first-order valence-corrected chi connectivity index (χ1v) is 13.5. The Morgan fingerprint density at radius 2 is 2.06 bits per heavy atom. The molecule has 2 aromatic heterocycles. The highest BCUT2D eigenvalue weighted by Crippen LogP contribution is 2.24. The Hall–Kier alpha value is -3.25. The number of nitrogens with one attached hydrogen (secondary N) is 2. The Morgan fingerprint density at radius 3 is 2.79 bits per heavy atom. The van der Waals surface area contributed by atoms with E-state index in [4.69, 9.17) is 4.74 Å². The number of ether oxygens (including phenoxy) is 1. The number of hydrogen-bond acceptors (Lipinski definition) is 9. The second-order valence-electron chi connectivity index (χ2n) is 7.42. The van der Waals surface area contributed by atoms with Gasteiger partial charge in [0, 0.05) is 37.0 Å². The molecule has 0 radical (unpaired) electrons. The van der Waals surface area contributed by atoms with Crippen molar-refractivity contribution in [1.29, 1.82) is 0 Å². The van der Waals surface area contributed by atoms with E-state index in [0.717, 1.165) is 33.9 Å². The minimum Gasteiger partial charge on any atom is -0.378 e. The van der Waals surface area contributed by atoms with Crippen molar-refractivity contribution in [3.63, 3.8) is 0 Å². The molecular weight excluding hydrogens is 545 g/mol. The molecule has 0 bridgehead atoms. The molecule has 1 aromatic carbocycles. The van der Waals surface area contributed by atoms with Crippen LogP contribution < -0.4 is 15.6 Å². The first-order valence-electron chi connectivity index (χ1n) is 10.9. The molecule has 0 atom stereocenters. The van der Waals surface area contributed by atoms with Gasteiger partial charge in [0.1, 0.15) is 5.82 Å². The third-order valence-electron chi connectivity index (χ3n) is 5.12. The normalized spacial score (nSPS) is 13.7. The summed E-state index contributed by atoms with van der Waals surface area (Å²) < 4.78 is 10.6. The van der Waals surface area contributed by atoms with Crippen LogP contribution in [0.25, 0.3) is 0 Å². The number of carbonyl (C=O) groups is 1. The summed E-state index contributed by atoms with van der Waals surface area (Å²) in [6.07, 6.45) is 5.64. The quantitative estimate of drug-likeness (QED) is 0.172. The van der Waals surface area contributed by atoms with Crippen LogP contribution in [0.5, 0.6) is 0 Å². The van der Waals surface area contributed by atoms with E-state index < -0.39 is 0 Å². The smallest absolute Gasteiger partial charge is 0.245 e. The fourth-order valence-electron chi connectivity index (χ4n) is 3.36. The van der Waals surface area contributed by atoms with Gasteiger partial charge in [0.15, 0.2) is 5.78 Å². The molecule has 2 N–H and O–H groups in total. The number of morpholine rings is 1. The molecule has 1 fully saturated rings. The molecule has 176 valence electrons. The Kier molecular flexibility index (Phi) is 8.26. The number of rotatable bonds is 9. The number of anilines is 4. The number of ketones is 1. The average molecular weight is 571 g/mol. The fourth-order valence-corrected chi connectivity index (χ4v) is 4.50. The maximum absolute atomic E-state index is 11.9. The predicted octanol–water partition coefficient (Wildman–Crippen LogP) is 4.06. The number of pyridine rings is 1. The van der Waals surface area contributed by atoms with Crippen molar-refractivity contribution in [2.45, 2.75) is 13.3 Å². The number of halogens is 1. The summed E-state index contributed by atoms with van der Waals surface area (Å²) in [5.74, 6) is 1.46. The molecule has 0 unspecified atom stereocenters. The number of Topliss-reactive ketones (excluding diaryl/α,β-unsaturated/α-hetero) is 1. The number of benzene rings is 1. The lowest BCUT2D eigenvalue weighted by Crippen LogP contribution is -2.37. The third-order valence-corrected chi connectivity index (χ3v) is 6.71. The number of carbonyl (C=O) groups excluding carboxylic acids is 1. The van der Waals surface area contributed by atoms with Gasteiger partial charge in [-0.1, -0.05) is 44.3 Å². The molecule has 0 saturated carbocycles. The van der Waals surface area contributed by atoms with Crippen molar-refractivity contribution in [1.82, 2.24) is 15.0 Å². The highest BCUT2D eigenvalue weighted by Gasteiger charge is 2.16. The van der Waals surface area contributed by atoms with Crippen LogP contribution >= 0.6 is 20.7 Å². The molecule has 1 aliphatic heterocycles. The molecule has 1 saturated heterocycles. The van der Waals surface area contributed by atoms with Gasteiger partial charge in [0.25, 0.3) is 0 Å². The lowest BCUT2D eigenvalue weighted by Gasteiger charge is -2.28. The van der Waals surface area contributed by atoms with E-state index in [1.54, 1.807) is 12.4 Å². The van der Waals surface area contributed by atoms with Crippen LogP contribution in [0.1, 0.15) is 29.4 Å². The zero-order chi connectivity index (χ0) is 23.8. The SMILES string of the molecule is C=Ic1cnc(N/N=C/c2ccc(Nc3cccc(C(=O)CC)c3)cn2)nc1N1CCOCC1. The summed E-state index contributed by atoms with van der Waals surface area (Å²) in [6, 6.07) is 11.2. The van der Waals surface area contributed by atoms with Crippen LogP contribution in [0, 0.1) is 3.57 Å². The van der Waals surface area contributed by atoms with E-state index in [0.29, 0.717) is 36.8 Å². The Labute approximate surface area is 208 Å². The largest absolute Gasteiger partial charge is 0.378 e. The van der Waals surface area contributed by atoms with Gasteiger partial charge in [0.05, 0.1) is 40.6 Å². The van der Waals surface area contributed by atoms with Crippen LogP contribution in [-0.4, -0.2) is 57.8 Å². The highest BCUT2D eigenvalue weighted by molar-refractivity contribution is 14.2. The predicted molar refractivity (Wildman–Crippen MR) is 145 cm³/mol. The van der Waals surface area contributed by atoms with Gasteiger partial charge in [-0.2, -0.15) is 10.1 Å². The van der Waals surface area contributed by atoms with Crippen LogP contribution in [-0.2, 0) is 4.74 Å². The monoisotopic (exact) mass is 571 g/mol. The second kappa shape index (κ2) is 11.7. The summed E-state index contributed by atoms with van der Waals surface area (Å²) in [7, 11) is 0. The van der Waals surface area contributed by atoms with Crippen molar-refractivity contribution in [3.8, 4) is 0 Å². The van der Waals surface area contributed by atoms with E-state index in [2.05, 4.69) is 40.2 Å². The van der Waals surface area contributed by atoms with Crippen molar-refractivity contribution in [3.05, 3.63) is 63.6 Å². The Bertz CT molecular complexity index is 1180. The molecular formula is C24H26IN7O2. The second-order valence-corrected chi connectivity index (χ2v) is 9.35. The van der Waals surface area contributed by atoms with E-state index >= 15 is 0 Å². The number of aromatic nitrogens is 3. The summed E-state index contributed by atoms with van der Waals surface area (Å²) in [5.41, 5.74) is 5.93.